The largest absolute Gasteiger partial charge is 0.459 e. The Morgan fingerprint density at radius 2 is 1.36 bits per heavy atom. The van der Waals surface area contributed by atoms with E-state index < -0.39 is 11.9 Å². The second-order valence-corrected chi connectivity index (χ2v) is 6.57. The van der Waals surface area contributed by atoms with Crippen molar-refractivity contribution in [1.29, 1.82) is 0 Å². The van der Waals surface area contributed by atoms with Crippen LogP contribution < -0.4 is 0 Å². The van der Waals surface area contributed by atoms with Gasteiger partial charge in [-0.3, -0.25) is 0 Å². The van der Waals surface area contributed by atoms with Gasteiger partial charge in [-0.15, -0.1) is 0 Å². The number of hydrogen-bond donors (Lipinski definition) is 0. The molecule has 2 atom stereocenters. The Kier molecular flexibility index (Phi) is 9.58. The topological polar surface area (TPSA) is 52.6 Å². The van der Waals surface area contributed by atoms with Gasteiger partial charge in [-0.05, 0) is 43.9 Å². The highest BCUT2D eigenvalue weighted by Gasteiger charge is 2.23. The lowest BCUT2D eigenvalue weighted by atomic mass is 10.1. The molecule has 140 valence electrons. The number of carbonyl (C=O) groups excluding carboxylic acids is 2. The average Bonchev–Trinajstić information content (AvgIpc) is 2.60. The minimum atomic E-state index is -0.529. The molecule has 0 amide bonds. The zero-order chi connectivity index (χ0) is 18.8. The molecule has 0 aliphatic carbocycles. The highest BCUT2D eigenvalue weighted by atomic mass is 35.5. The molecule has 1 aromatic rings. The highest BCUT2D eigenvalue weighted by molar-refractivity contribution is 6.31. The SMILES string of the molecule is CCCC(CC)OC(=O)c1ccc(Cl)cc1C(=O)OC(CC)CCC. The molecule has 0 aliphatic rings. The summed E-state index contributed by atoms with van der Waals surface area (Å²) in [7, 11) is 0. The van der Waals surface area contributed by atoms with Crippen molar-refractivity contribution in [2.45, 2.75) is 78.4 Å². The quantitative estimate of drug-likeness (QED) is 0.489. The van der Waals surface area contributed by atoms with Crippen LogP contribution in [0.1, 0.15) is 86.9 Å². The van der Waals surface area contributed by atoms with Crippen molar-refractivity contribution in [3.8, 4) is 0 Å². The summed E-state index contributed by atoms with van der Waals surface area (Å²) < 4.78 is 11.1. The Morgan fingerprint density at radius 1 is 0.880 bits per heavy atom. The molecule has 0 bridgehead atoms. The summed E-state index contributed by atoms with van der Waals surface area (Å²) in [5, 5.41) is 0.382. The Hall–Kier alpha value is -1.55. The summed E-state index contributed by atoms with van der Waals surface area (Å²) in [4.78, 5) is 25.1. The number of rotatable bonds is 10. The van der Waals surface area contributed by atoms with Crippen molar-refractivity contribution in [3.63, 3.8) is 0 Å². The van der Waals surface area contributed by atoms with Gasteiger partial charge < -0.3 is 9.47 Å². The molecule has 2 unspecified atom stereocenters. The maximum atomic E-state index is 12.6. The minimum Gasteiger partial charge on any atom is -0.459 e. The average molecular weight is 369 g/mol. The van der Waals surface area contributed by atoms with E-state index in [9.17, 15) is 9.59 Å². The van der Waals surface area contributed by atoms with E-state index >= 15 is 0 Å². The van der Waals surface area contributed by atoms with E-state index in [-0.39, 0.29) is 23.3 Å². The fourth-order valence-electron chi connectivity index (χ4n) is 2.63. The normalized spacial score (nSPS) is 13.2. The molecule has 0 saturated carbocycles. The molecule has 0 saturated heterocycles. The number of benzene rings is 1. The van der Waals surface area contributed by atoms with Crippen LogP contribution >= 0.6 is 11.6 Å². The lowest BCUT2D eigenvalue weighted by molar-refractivity contribution is 0.0223. The summed E-state index contributed by atoms with van der Waals surface area (Å²) in [5.74, 6) is -1.04. The number of hydrogen-bond acceptors (Lipinski definition) is 4. The standard InChI is InChI=1S/C20H29ClO4/c1-5-9-15(7-3)24-19(22)17-12-11-14(21)13-18(17)20(23)25-16(8-4)10-6-2/h11-13,15-16H,5-10H2,1-4H3. The number of esters is 2. The summed E-state index contributed by atoms with van der Waals surface area (Å²) in [6.45, 7) is 8.02. The molecule has 4 nitrogen and oxygen atoms in total. The molecular weight excluding hydrogens is 340 g/mol. The van der Waals surface area contributed by atoms with Crippen LogP contribution in [0.25, 0.3) is 0 Å². The van der Waals surface area contributed by atoms with E-state index in [4.69, 9.17) is 21.1 Å². The van der Waals surface area contributed by atoms with Crippen LogP contribution in [0.2, 0.25) is 5.02 Å². The molecule has 0 fully saturated rings. The molecular formula is C20H29ClO4. The van der Waals surface area contributed by atoms with E-state index in [2.05, 4.69) is 0 Å². The molecule has 0 N–H and O–H groups in total. The van der Waals surface area contributed by atoms with Gasteiger partial charge in [0.05, 0.1) is 11.1 Å². The van der Waals surface area contributed by atoms with Crippen LogP contribution in [-0.2, 0) is 9.47 Å². The van der Waals surface area contributed by atoms with Gasteiger partial charge in [-0.2, -0.15) is 0 Å². The minimum absolute atomic E-state index is 0.152. The van der Waals surface area contributed by atoms with Gasteiger partial charge in [-0.1, -0.05) is 52.1 Å². The molecule has 0 heterocycles. The fraction of sp³-hybridized carbons (Fsp3) is 0.600. The van der Waals surface area contributed by atoms with Crippen molar-refractivity contribution in [2.24, 2.45) is 0 Å². The predicted octanol–water partition coefficient (Wildman–Crippen LogP) is 5.81. The Bertz CT molecular complexity index is 571. The van der Waals surface area contributed by atoms with Gasteiger partial charge in [-0.25, -0.2) is 9.59 Å². The lowest BCUT2D eigenvalue weighted by Gasteiger charge is -2.18. The zero-order valence-electron chi connectivity index (χ0n) is 15.6. The molecule has 0 aliphatic heterocycles. The number of carbonyl (C=O) groups is 2. The smallest absolute Gasteiger partial charge is 0.339 e. The van der Waals surface area contributed by atoms with Crippen LogP contribution in [-0.4, -0.2) is 24.1 Å². The van der Waals surface area contributed by atoms with E-state index in [1.165, 1.54) is 12.1 Å². The second kappa shape index (κ2) is 11.1. The second-order valence-electron chi connectivity index (χ2n) is 6.14. The maximum Gasteiger partial charge on any atom is 0.339 e. The lowest BCUT2D eigenvalue weighted by Crippen LogP contribution is -2.22. The molecule has 0 radical (unpaired) electrons. The Morgan fingerprint density at radius 3 is 1.80 bits per heavy atom. The fourth-order valence-corrected chi connectivity index (χ4v) is 2.80. The number of ether oxygens (including phenoxy) is 2. The van der Waals surface area contributed by atoms with Gasteiger partial charge >= 0.3 is 11.9 Å². The third-order valence-corrected chi connectivity index (χ3v) is 4.34. The van der Waals surface area contributed by atoms with Gasteiger partial charge in [0, 0.05) is 5.02 Å². The molecule has 25 heavy (non-hydrogen) atoms. The first-order valence-electron chi connectivity index (χ1n) is 9.18. The molecule has 5 heteroatoms. The van der Waals surface area contributed by atoms with Crippen LogP contribution in [0.3, 0.4) is 0 Å². The van der Waals surface area contributed by atoms with Crippen molar-refractivity contribution in [2.75, 3.05) is 0 Å². The van der Waals surface area contributed by atoms with E-state index in [1.54, 1.807) is 6.07 Å². The van der Waals surface area contributed by atoms with E-state index in [0.29, 0.717) is 5.02 Å². The summed E-state index contributed by atoms with van der Waals surface area (Å²) >= 11 is 6.02. The molecule has 1 rings (SSSR count). The summed E-state index contributed by atoms with van der Waals surface area (Å²) in [5.41, 5.74) is 0.369. The van der Waals surface area contributed by atoms with Gasteiger partial charge in [0.1, 0.15) is 12.2 Å². The first-order valence-corrected chi connectivity index (χ1v) is 9.55. The van der Waals surface area contributed by atoms with E-state index in [1.807, 2.05) is 27.7 Å². The summed E-state index contributed by atoms with van der Waals surface area (Å²) in [6.07, 6.45) is 4.59. The monoisotopic (exact) mass is 368 g/mol. The molecule has 0 aromatic heterocycles. The van der Waals surface area contributed by atoms with Gasteiger partial charge in [0.25, 0.3) is 0 Å². The highest BCUT2D eigenvalue weighted by Crippen LogP contribution is 2.21. The third kappa shape index (κ3) is 6.69. The van der Waals surface area contributed by atoms with Crippen LogP contribution in [0.4, 0.5) is 0 Å². The van der Waals surface area contributed by atoms with Gasteiger partial charge in [0.15, 0.2) is 0 Å². The van der Waals surface area contributed by atoms with Crippen molar-refractivity contribution in [3.05, 3.63) is 34.3 Å². The Labute approximate surface area is 155 Å². The Balaban J connectivity index is 3.01. The van der Waals surface area contributed by atoms with Crippen LogP contribution in [0.5, 0.6) is 0 Å². The van der Waals surface area contributed by atoms with Crippen LogP contribution in [0.15, 0.2) is 18.2 Å². The zero-order valence-corrected chi connectivity index (χ0v) is 16.4. The van der Waals surface area contributed by atoms with Crippen molar-refractivity contribution >= 4 is 23.5 Å². The first kappa shape index (κ1) is 21.5. The van der Waals surface area contributed by atoms with Crippen molar-refractivity contribution in [1.82, 2.24) is 0 Å². The predicted molar refractivity (Wildman–Crippen MR) is 100 cm³/mol. The third-order valence-electron chi connectivity index (χ3n) is 4.10. The first-order chi connectivity index (χ1) is 12.0. The molecule has 1 aromatic carbocycles. The van der Waals surface area contributed by atoms with Gasteiger partial charge in [0.2, 0.25) is 0 Å². The number of halogens is 1. The van der Waals surface area contributed by atoms with Crippen molar-refractivity contribution < 1.29 is 19.1 Å². The molecule has 0 spiro atoms. The van der Waals surface area contributed by atoms with E-state index in [0.717, 1.165) is 38.5 Å². The van der Waals surface area contributed by atoms with Crippen LogP contribution in [0, 0.1) is 0 Å². The maximum absolute atomic E-state index is 12.6. The summed E-state index contributed by atoms with van der Waals surface area (Å²) in [6, 6.07) is 4.58.